The Morgan fingerprint density at radius 3 is 1.48 bits per heavy atom. The first-order valence-corrected chi connectivity index (χ1v) is 26.5. The second-order valence-electron chi connectivity index (χ2n) is 18.9. The Morgan fingerprint density at radius 1 is 0.600 bits per heavy atom. The van der Waals surface area contributed by atoms with Crippen LogP contribution in [0.4, 0.5) is 14.7 Å². The van der Waals surface area contributed by atoms with Crippen molar-refractivity contribution in [2.45, 2.75) is 101 Å². The molecule has 2 aliphatic carbocycles. The largest absolute Gasteiger partial charge is 0.351 e. The molecule has 4 aliphatic rings. The molecule has 4 aromatic carbocycles. The number of hydrogen-bond donors (Lipinski definition) is 4. The number of imidazole rings is 2. The lowest BCUT2D eigenvalue weighted by Gasteiger charge is -2.26. The smallest absolute Gasteiger partial charge is 0.251 e. The fourth-order valence-corrected chi connectivity index (χ4v) is 9.91. The van der Waals surface area contributed by atoms with E-state index < -0.39 is 0 Å². The average Bonchev–Trinajstić information content (AvgIpc) is 4.21. The molecule has 5 N–H and O–H groups in total. The number of thioether (sulfide) groups is 1. The van der Waals surface area contributed by atoms with Gasteiger partial charge in [0.05, 0.1) is 46.2 Å². The quantitative estimate of drug-likeness (QED) is 0.0637. The fourth-order valence-electron chi connectivity index (χ4n) is 9.55. The zero-order valence-corrected chi connectivity index (χ0v) is 41.9. The van der Waals surface area contributed by atoms with Gasteiger partial charge in [-0.05, 0) is 136 Å². The molecule has 17 heteroatoms. The molecule has 14 nitrogen and oxygen atoms in total. The molecule has 6 heterocycles. The zero-order chi connectivity index (χ0) is 51.0. The third-order valence-corrected chi connectivity index (χ3v) is 14.5. The number of halogens is 2. The summed E-state index contributed by atoms with van der Waals surface area (Å²) in [5.74, 6) is 1.70. The maximum Gasteiger partial charge on any atom is 0.251 e. The Morgan fingerprint density at radius 2 is 1.05 bits per heavy atom. The number of benzene rings is 4. The molecule has 0 saturated heterocycles. The van der Waals surface area contributed by atoms with Crippen molar-refractivity contribution in [3.05, 3.63) is 168 Å². The second kappa shape index (κ2) is 24.1. The van der Waals surface area contributed by atoms with Crippen molar-refractivity contribution in [2.24, 2.45) is 5.73 Å². The number of fused-ring (bicyclic) bond motifs is 2. The van der Waals surface area contributed by atoms with E-state index in [4.69, 9.17) is 25.7 Å². The molecule has 0 bridgehead atoms. The number of anilines is 1. The Kier molecular flexibility index (Phi) is 16.8. The Balaban J connectivity index is 0.000000166. The minimum Gasteiger partial charge on any atom is -0.351 e. The molecular weight excluding hydrogens is 967 g/mol. The van der Waals surface area contributed by atoms with Crippen molar-refractivity contribution in [1.29, 1.82) is 0 Å². The molecule has 2 amide bonds. The lowest BCUT2D eigenvalue weighted by Crippen LogP contribution is -2.30. The summed E-state index contributed by atoms with van der Waals surface area (Å²) < 4.78 is 31.6. The summed E-state index contributed by atoms with van der Waals surface area (Å²) in [5.41, 5.74) is 13.1. The topological polar surface area (TPSA) is 183 Å². The summed E-state index contributed by atoms with van der Waals surface area (Å²) in [6.45, 7) is 0.957. The first kappa shape index (κ1) is 52.2. The van der Waals surface area contributed by atoms with E-state index in [2.05, 4.69) is 35.1 Å². The molecule has 4 aromatic heterocycles. The molecule has 2 atom stereocenters. The van der Waals surface area contributed by atoms with E-state index in [0.717, 1.165) is 95.5 Å². The summed E-state index contributed by atoms with van der Waals surface area (Å²) in [4.78, 5) is 53.5. The van der Waals surface area contributed by atoms with E-state index in [1.165, 1.54) is 61.7 Å². The first-order valence-electron chi connectivity index (χ1n) is 25.3. The first-order chi connectivity index (χ1) is 36.2. The normalized spacial score (nSPS) is 16.3. The highest BCUT2D eigenvalue weighted by molar-refractivity contribution is 7.98. The van der Waals surface area contributed by atoms with Gasteiger partial charge >= 0.3 is 0 Å². The van der Waals surface area contributed by atoms with Crippen molar-refractivity contribution in [3.8, 4) is 45.3 Å². The third kappa shape index (κ3) is 12.2. The van der Waals surface area contributed by atoms with Crippen LogP contribution in [0, 0.1) is 11.6 Å². The number of carbonyl (C=O) groups excluding carboxylic acids is 2. The molecule has 2 aliphatic heterocycles. The molecule has 2 saturated carbocycles. The van der Waals surface area contributed by atoms with E-state index >= 15 is 0 Å². The van der Waals surface area contributed by atoms with Crippen LogP contribution in [-0.2, 0) is 12.8 Å². The zero-order valence-electron chi connectivity index (χ0n) is 41.1. The number of nitrogens with two attached hydrogens (primary N) is 1. The molecule has 8 aromatic rings. The molecule has 0 spiro atoms. The number of nitrogens with zero attached hydrogens (tertiary/aromatic N) is 8. The van der Waals surface area contributed by atoms with Crippen molar-refractivity contribution in [1.82, 2.24) is 49.7 Å². The van der Waals surface area contributed by atoms with E-state index in [0.29, 0.717) is 47.4 Å². The van der Waals surface area contributed by atoms with Gasteiger partial charge < -0.3 is 30.8 Å². The highest BCUT2D eigenvalue weighted by Crippen LogP contribution is 2.41. The number of hydrogen-bond acceptors (Lipinski definition) is 11. The van der Waals surface area contributed by atoms with Crippen LogP contribution in [0.5, 0.6) is 0 Å². The van der Waals surface area contributed by atoms with Crippen LogP contribution in [0.25, 0.3) is 45.3 Å². The van der Waals surface area contributed by atoms with Crippen LogP contribution in [0.1, 0.15) is 103 Å². The average molecular weight is 1030 g/mol. The van der Waals surface area contributed by atoms with Gasteiger partial charge in [-0.2, -0.15) is 0 Å². The van der Waals surface area contributed by atoms with Gasteiger partial charge in [0.15, 0.2) is 5.16 Å². The summed E-state index contributed by atoms with van der Waals surface area (Å²) >= 11 is 1.47. The van der Waals surface area contributed by atoms with Crippen molar-refractivity contribution in [2.75, 3.05) is 24.7 Å². The molecule has 0 unspecified atom stereocenters. The number of aromatic nitrogens is 8. The summed E-state index contributed by atoms with van der Waals surface area (Å²) in [5, 5.41) is 10.2. The van der Waals surface area contributed by atoms with Gasteiger partial charge in [0.25, 0.3) is 11.8 Å². The van der Waals surface area contributed by atoms with Crippen LogP contribution < -0.4 is 21.7 Å². The summed E-state index contributed by atoms with van der Waals surface area (Å²) in [7, 11) is 0. The Labute approximate surface area is 440 Å². The van der Waals surface area contributed by atoms with E-state index in [-0.39, 0.29) is 43.0 Å². The lowest BCUT2D eigenvalue weighted by atomic mass is 9.93. The van der Waals surface area contributed by atoms with Crippen LogP contribution in [0.15, 0.2) is 139 Å². The summed E-state index contributed by atoms with van der Waals surface area (Å²) in [6.07, 6.45) is 16.1. The monoisotopic (exact) mass is 1030 g/mol. The van der Waals surface area contributed by atoms with Crippen LogP contribution in [0.3, 0.4) is 0 Å². The van der Waals surface area contributed by atoms with Crippen LogP contribution in [0.2, 0.25) is 0 Å². The van der Waals surface area contributed by atoms with Gasteiger partial charge in [0.2, 0.25) is 5.95 Å². The minimum absolute atomic E-state index is 0. The van der Waals surface area contributed by atoms with Gasteiger partial charge in [0.1, 0.15) is 23.3 Å². The lowest BCUT2D eigenvalue weighted by molar-refractivity contribution is 0.0940. The SMILES string of the molecule is C.CSc1nccc(-c2c(-c3ccc(F)cc3)nc3n2[C@H](CNC(=O)c2ccccc2)CC3)n1.NC1CCC1.O=C(NC[C@@H]1CCc2nc(-c3ccc(F)cc3)c(-c3ccnc(NC4CCC4)n3)n21)c1ccccc1. The number of nitrogens with one attached hydrogen (secondary N) is 3. The molecule has 0 radical (unpaired) electrons. The third-order valence-electron chi connectivity index (χ3n) is 13.9. The van der Waals surface area contributed by atoms with Gasteiger partial charge in [-0.3, -0.25) is 9.59 Å². The van der Waals surface area contributed by atoms with Gasteiger partial charge in [-0.1, -0.05) is 62.0 Å². The van der Waals surface area contributed by atoms with E-state index in [1.54, 1.807) is 48.8 Å². The number of carbonyl (C=O) groups is 2. The van der Waals surface area contributed by atoms with Gasteiger partial charge in [0, 0.05) is 72.7 Å². The molecular formula is C58H62F2N12O2S. The van der Waals surface area contributed by atoms with Crippen molar-refractivity contribution in [3.63, 3.8) is 0 Å². The predicted molar refractivity (Wildman–Crippen MR) is 291 cm³/mol. The van der Waals surface area contributed by atoms with Crippen molar-refractivity contribution < 1.29 is 18.4 Å². The maximum atomic E-state index is 13.7. The van der Waals surface area contributed by atoms with Gasteiger partial charge in [-0.25, -0.2) is 38.7 Å². The van der Waals surface area contributed by atoms with Crippen LogP contribution >= 0.6 is 11.8 Å². The summed E-state index contributed by atoms with van der Waals surface area (Å²) in [6, 6.07) is 36.0. The van der Waals surface area contributed by atoms with E-state index in [9.17, 15) is 18.4 Å². The predicted octanol–water partition coefficient (Wildman–Crippen LogP) is 10.9. The van der Waals surface area contributed by atoms with Crippen molar-refractivity contribution >= 4 is 29.5 Å². The Bertz CT molecular complexity index is 3200. The standard InChI is InChI=1S/C28H27FN6O.C25H22FN5OS.C4H9N.CH4/c29-20-11-9-18(10-12-20)25-26(23-15-16-30-28(33-23)32-21-7-4-8-21)35-22(13-14-24(35)34-25)17-31-27(36)19-5-2-1-3-6-19;1-33-25-27-14-13-20(29-25)23-22(16-7-9-18(26)10-8-16)30-21-12-11-19(31(21)23)15-28-24(32)17-5-3-2-4-6-17;5-4-2-1-3-4;/h1-3,5-6,9-12,15-16,21-22H,4,7-8,13-14,17H2,(H,31,36)(H,30,32,33);2-10,13-14,19H,11-12,15H2,1H3,(H,28,32);4H,1-3,5H2;1H4/t22-;19-;;/m00../s1. The van der Waals surface area contributed by atoms with Crippen LogP contribution in [-0.4, -0.2) is 82.3 Å². The fraction of sp³-hybridized carbons (Fsp3) is 0.310. The number of rotatable bonds is 13. The highest BCUT2D eigenvalue weighted by Gasteiger charge is 2.33. The highest BCUT2D eigenvalue weighted by atomic mass is 32.2. The Hall–Kier alpha value is -7.63. The number of amides is 2. The number of aryl methyl sites for hydroxylation is 2. The molecule has 12 rings (SSSR count). The minimum atomic E-state index is -0.291. The molecule has 2 fully saturated rings. The van der Waals surface area contributed by atoms with Gasteiger partial charge in [-0.15, -0.1) is 0 Å². The van der Waals surface area contributed by atoms with E-state index in [1.807, 2.05) is 66.9 Å². The molecule has 75 heavy (non-hydrogen) atoms. The second-order valence-corrected chi connectivity index (χ2v) is 19.7. The maximum absolute atomic E-state index is 13.7. The molecule has 386 valence electrons.